The van der Waals surface area contributed by atoms with Gasteiger partial charge in [0.1, 0.15) is 5.82 Å². The van der Waals surface area contributed by atoms with E-state index >= 15 is 0 Å². The third-order valence-electron chi connectivity index (χ3n) is 3.09. The highest BCUT2D eigenvalue weighted by Gasteiger charge is 2.10. The van der Waals surface area contributed by atoms with Crippen LogP contribution in [0.25, 0.3) is 0 Å². The van der Waals surface area contributed by atoms with Crippen molar-refractivity contribution in [1.82, 2.24) is 4.98 Å². The smallest absolute Gasteiger partial charge is 0.255 e. The summed E-state index contributed by atoms with van der Waals surface area (Å²) in [7, 11) is 1.75. The van der Waals surface area contributed by atoms with Crippen molar-refractivity contribution in [3.63, 3.8) is 0 Å². The van der Waals surface area contributed by atoms with Crippen molar-refractivity contribution in [2.75, 3.05) is 17.7 Å². The number of pyridine rings is 1. The van der Waals surface area contributed by atoms with Gasteiger partial charge in [0.25, 0.3) is 5.91 Å². The lowest BCUT2D eigenvalue weighted by Crippen LogP contribution is -2.14. The molecular weight excluding hydrogens is 264 g/mol. The second kappa shape index (κ2) is 6.06. The van der Waals surface area contributed by atoms with Crippen LogP contribution in [-0.2, 0) is 0 Å². The summed E-state index contributed by atoms with van der Waals surface area (Å²) < 4.78 is 0. The van der Waals surface area contributed by atoms with Crippen LogP contribution < -0.4 is 10.6 Å². The number of hydrogen-bond donors (Lipinski definition) is 2. The van der Waals surface area contributed by atoms with Gasteiger partial charge < -0.3 is 10.6 Å². The van der Waals surface area contributed by atoms with Gasteiger partial charge in [-0.1, -0.05) is 6.07 Å². The predicted octanol–water partition coefficient (Wildman–Crippen LogP) is 2.86. The zero-order chi connectivity index (χ0) is 15.4. The number of aryl methyl sites for hydroxylation is 2. The SMILES string of the molecule is CNc1cc(C(=O)Nc2cc(C#N)ccc2C)cc(C)n1. The number of hydrogen-bond acceptors (Lipinski definition) is 4. The molecule has 2 N–H and O–H groups in total. The van der Waals surface area contributed by atoms with Crippen molar-refractivity contribution < 1.29 is 4.79 Å². The summed E-state index contributed by atoms with van der Waals surface area (Å²) in [5.41, 5.74) is 3.34. The van der Waals surface area contributed by atoms with Crippen molar-refractivity contribution >= 4 is 17.4 Å². The molecule has 1 aromatic carbocycles. The molecule has 1 amide bonds. The van der Waals surface area contributed by atoms with Crippen LogP contribution in [-0.4, -0.2) is 17.9 Å². The molecule has 2 aromatic rings. The quantitative estimate of drug-likeness (QED) is 0.906. The van der Waals surface area contributed by atoms with E-state index in [4.69, 9.17) is 5.26 Å². The molecule has 0 radical (unpaired) electrons. The number of rotatable bonds is 3. The fourth-order valence-electron chi connectivity index (χ4n) is 1.95. The highest BCUT2D eigenvalue weighted by molar-refractivity contribution is 6.05. The molecule has 0 bridgehead atoms. The third-order valence-corrected chi connectivity index (χ3v) is 3.09. The van der Waals surface area contributed by atoms with Gasteiger partial charge in [-0.3, -0.25) is 4.79 Å². The van der Waals surface area contributed by atoms with Crippen molar-refractivity contribution in [2.24, 2.45) is 0 Å². The topological polar surface area (TPSA) is 77.8 Å². The van der Waals surface area contributed by atoms with Crippen LogP contribution in [0.15, 0.2) is 30.3 Å². The van der Waals surface area contributed by atoms with E-state index in [-0.39, 0.29) is 5.91 Å². The first-order valence-electron chi connectivity index (χ1n) is 6.52. The summed E-state index contributed by atoms with van der Waals surface area (Å²) >= 11 is 0. The maximum Gasteiger partial charge on any atom is 0.255 e. The molecule has 1 heterocycles. The fraction of sp³-hybridized carbons (Fsp3) is 0.188. The molecule has 0 fully saturated rings. The maximum atomic E-state index is 12.3. The van der Waals surface area contributed by atoms with E-state index in [1.54, 1.807) is 31.3 Å². The molecule has 0 aliphatic heterocycles. The van der Waals surface area contributed by atoms with Gasteiger partial charge in [0, 0.05) is 24.0 Å². The number of anilines is 2. The van der Waals surface area contributed by atoms with Gasteiger partial charge in [0.15, 0.2) is 0 Å². The van der Waals surface area contributed by atoms with E-state index in [9.17, 15) is 4.79 Å². The number of aromatic nitrogens is 1. The molecule has 0 aliphatic carbocycles. The minimum absolute atomic E-state index is 0.227. The number of carbonyl (C=O) groups is 1. The Morgan fingerprint density at radius 2 is 2.00 bits per heavy atom. The number of nitrogens with one attached hydrogen (secondary N) is 2. The minimum atomic E-state index is -0.227. The van der Waals surface area contributed by atoms with Gasteiger partial charge in [-0.2, -0.15) is 5.26 Å². The second-order valence-corrected chi connectivity index (χ2v) is 4.73. The number of nitrogens with zero attached hydrogens (tertiary/aromatic N) is 2. The molecule has 0 saturated heterocycles. The molecule has 1 aromatic heterocycles. The van der Waals surface area contributed by atoms with Crippen LogP contribution in [0.2, 0.25) is 0 Å². The van der Waals surface area contributed by atoms with E-state index in [2.05, 4.69) is 21.7 Å². The molecule has 0 saturated carbocycles. The Balaban J connectivity index is 2.30. The first kappa shape index (κ1) is 14.5. The summed E-state index contributed by atoms with van der Waals surface area (Å²) in [5, 5.41) is 14.7. The number of benzene rings is 1. The Kier molecular flexibility index (Phi) is 4.19. The summed E-state index contributed by atoms with van der Waals surface area (Å²) in [5.74, 6) is 0.415. The Morgan fingerprint density at radius 3 is 2.67 bits per heavy atom. The van der Waals surface area contributed by atoms with Gasteiger partial charge in [-0.25, -0.2) is 4.98 Å². The minimum Gasteiger partial charge on any atom is -0.373 e. The van der Waals surface area contributed by atoms with Crippen LogP contribution in [0.4, 0.5) is 11.5 Å². The Hall–Kier alpha value is -2.87. The normalized spacial score (nSPS) is 9.81. The van der Waals surface area contributed by atoms with Gasteiger partial charge in [-0.05, 0) is 43.7 Å². The van der Waals surface area contributed by atoms with Crippen molar-refractivity contribution in [3.05, 3.63) is 52.7 Å². The van der Waals surface area contributed by atoms with Crippen LogP contribution in [0.1, 0.15) is 27.2 Å². The van der Waals surface area contributed by atoms with E-state index in [1.807, 2.05) is 19.9 Å². The Labute approximate surface area is 123 Å². The Morgan fingerprint density at radius 1 is 1.24 bits per heavy atom. The summed E-state index contributed by atoms with van der Waals surface area (Å²) in [4.78, 5) is 16.6. The lowest BCUT2D eigenvalue weighted by molar-refractivity contribution is 0.102. The molecule has 21 heavy (non-hydrogen) atoms. The average Bonchev–Trinajstić information content (AvgIpc) is 2.48. The van der Waals surface area contributed by atoms with Crippen LogP contribution in [0.5, 0.6) is 0 Å². The standard InChI is InChI=1S/C16H16N4O/c1-10-4-5-12(9-17)7-14(10)20-16(21)13-6-11(2)19-15(8-13)18-3/h4-8H,1-3H3,(H,18,19)(H,20,21). The summed E-state index contributed by atoms with van der Waals surface area (Å²) in [6.07, 6.45) is 0. The summed E-state index contributed by atoms with van der Waals surface area (Å²) in [6, 6.07) is 10.7. The summed E-state index contributed by atoms with van der Waals surface area (Å²) in [6.45, 7) is 3.72. The molecular formula is C16H16N4O. The van der Waals surface area contributed by atoms with Crippen molar-refractivity contribution in [3.8, 4) is 6.07 Å². The molecule has 0 aliphatic rings. The van der Waals surface area contributed by atoms with E-state index < -0.39 is 0 Å². The lowest BCUT2D eigenvalue weighted by Gasteiger charge is -2.10. The van der Waals surface area contributed by atoms with E-state index in [0.717, 1.165) is 11.3 Å². The molecule has 5 heteroatoms. The second-order valence-electron chi connectivity index (χ2n) is 4.73. The largest absolute Gasteiger partial charge is 0.373 e. The van der Waals surface area contributed by atoms with E-state index in [1.165, 1.54) is 0 Å². The first-order chi connectivity index (χ1) is 10.0. The lowest BCUT2D eigenvalue weighted by atomic mass is 10.1. The fourth-order valence-corrected chi connectivity index (χ4v) is 1.95. The van der Waals surface area contributed by atoms with Gasteiger partial charge in [0.2, 0.25) is 0 Å². The van der Waals surface area contributed by atoms with Gasteiger partial charge in [-0.15, -0.1) is 0 Å². The maximum absolute atomic E-state index is 12.3. The van der Waals surface area contributed by atoms with Crippen LogP contribution in [0, 0.1) is 25.2 Å². The molecule has 5 nitrogen and oxygen atoms in total. The van der Waals surface area contributed by atoms with Crippen LogP contribution in [0.3, 0.4) is 0 Å². The monoisotopic (exact) mass is 280 g/mol. The molecule has 106 valence electrons. The molecule has 0 spiro atoms. The molecule has 2 rings (SSSR count). The zero-order valence-electron chi connectivity index (χ0n) is 12.2. The molecule has 0 atom stereocenters. The van der Waals surface area contributed by atoms with E-state index in [0.29, 0.717) is 22.6 Å². The van der Waals surface area contributed by atoms with Gasteiger partial charge in [0.05, 0.1) is 11.6 Å². The highest BCUT2D eigenvalue weighted by atomic mass is 16.1. The first-order valence-corrected chi connectivity index (χ1v) is 6.52. The number of amides is 1. The zero-order valence-corrected chi connectivity index (χ0v) is 12.2. The van der Waals surface area contributed by atoms with Crippen LogP contribution >= 0.6 is 0 Å². The predicted molar refractivity (Wildman–Crippen MR) is 82.4 cm³/mol. The molecule has 0 unspecified atom stereocenters. The number of nitriles is 1. The highest BCUT2D eigenvalue weighted by Crippen LogP contribution is 2.18. The Bertz CT molecular complexity index is 732. The average molecular weight is 280 g/mol. The third kappa shape index (κ3) is 3.37. The number of carbonyl (C=O) groups excluding carboxylic acids is 1. The van der Waals surface area contributed by atoms with Crippen molar-refractivity contribution in [2.45, 2.75) is 13.8 Å². The van der Waals surface area contributed by atoms with Gasteiger partial charge >= 0.3 is 0 Å². The van der Waals surface area contributed by atoms with Crippen molar-refractivity contribution in [1.29, 1.82) is 5.26 Å².